The molecule has 4 aliphatic rings. The van der Waals surface area contributed by atoms with Crippen molar-refractivity contribution >= 4 is 12.0 Å². The Morgan fingerprint density at radius 1 is 1.15 bits per heavy atom. The third kappa shape index (κ3) is 2.08. The number of fused-ring (bicyclic) bond motifs is 5. The van der Waals surface area contributed by atoms with Gasteiger partial charge in [0.1, 0.15) is 6.29 Å². The lowest BCUT2D eigenvalue weighted by Crippen LogP contribution is -2.43. The number of carbonyl (C=O) groups is 1. The molecule has 1 aromatic rings. The predicted octanol–water partition coefficient (Wildman–Crippen LogP) is 5.64. The fourth-order valence-electron chi connectivity index (χ4n) is 6.62. The molecule has 5 rings (SSSR count). The smallest absolute Gasteiger partial charge is 0.123 e. The number of rotatable bonds is 2. The van der Waals surface area contributed by atoms with E-state index in [9.17, 15) is 4.79 Å². The molecule has 0 saturated heterocycles. The average Bonchev–Trinajstić information content (AvgIpc) is 3.28. The Balaban J connectivity index is 1.53. The molecule has 1 aromatic heterocycles. The molecule has 2 heteroatoms. The molecule has 5 atom stereocenters. The van der Waals surface area contributed by atoms with E-state index in [2.05, 4.69) is 61.2 Å². The van der Waals surface area contributed by atoms with Gasteiger partial charge >= 0.3 is 0 Å². The number of aromatic nitrogens is 1. The molecule has 0 aromatic carbocycles. The first kappa shape index (κ1) is 16.4. The van der Waals surface area contributed by atoms with Crippen LogP contribution in [0.15, 0.2) is 53.9 Å². The summed E-state index contributed by atoms with van der Waals surface area (Å²) in [6.45, 7) is 4.85. The number of hydrogen-bond acceptors (Lipinski definition) is 1. The molecule has 0 amide bonds. The molecule has 1 fully saturated rings. The Bertz CT molecular complexity index is 826. The zero-order valence-electron chi connectivity index (χ0n) is 15.9. The van der Waals surface area contributed by atoms with Gasteiger partial charge in [-0.15, -0.1) is 0 Å². The van der Waals surface area contributed by atoms with Crippen molar-refractivity contribution < 1.29 is 4.79 Å². The van der Waals surface area contributed by atoms with E-state index in [4.69, 9.17) is 0 Å². The minimum absolute atomic E-state index is 0.193. The van der Waals surface area contributed by atoms with Crippen LogP contribution in [0.5, 0.6) is 0 Å². The van der Waals surface area contributed by atoms with Crippen LogP contribution in [0.25, 0.3) is 5.70 Å². The van der Waals surface area contributed by atoms with Crippen molar-refractivity contribution in [2.75, 3.05) is 0 Å². The van der Waals surface area contributed by atoms with Gasteiger partial charge < -0.3 is 9.36 Å². The van der Waals surface area contributed by atoms with Crippen LogP contribution in [0.4, 0.5) is 0 Å². The molecule has 0 radical (unpaired) electrons. The van der Waals surface area contributed by atoms with Crippen molar-refractivity contribution in [3.63, 3.8) is 0 Å². The van der Waals surface area contributed by atoms with Gasteiger partial charge in [-0.25, -0.2) is 0 Å². The maximum atomic E-state index is 11.6. The van der Waals surface area contributed by atoms with Crippen molar-refractivity contribution in [1.82, 2.24) is 4.57 Å². The summed E-state index contributed by atoms with van der Waals surface area (Å²) < 4.78 is 2.27. The highest BCUT2D eigenvalue weighted by Crippen LogP contribution is 2.63. The van der Waals surface area contributed by atoms with E-state index in [-0.39, 0.29) is 16.7 Å². The third-order valence-corrected chi connectivity index (χ3v) is 8.30. The Morgan fingerprint density at radius 3 is 2.73 bits per heavy atom. The van der Waals surface area contributed by atoms with Crippen molar-refractivity contribution in [3.8, 4) is 0 Å². The third-order valence-electron chi connectivity index (χ3n) is 8.30. The molecule has 0 spiro atoms. The summed E-state index contributed by atoms with van der Waals surface area (Å²) in [7, 11) is 0. The van der Waals surface area contributed by atoms with E-state index in [1.807, 2.05) is 0 Å². The van der Waals surface area contributed by atoms with Crippen LogP contribution in [0, 0.1) is 28.6 Å². The molecule has 1 unspecified atom stereocenters. The molecule has 0 N–H and O–H groups in total. The fraction of sp³-hybridized carbons (Fsp3) is 0.542. The van der Waals surface area contributed by atoms with Crippen LogP contribution in [-0.2, 0) is 4.79 Å². The Morgan fingerprint density at radius 2 is 1.96 bits per heavy atom. The molecule has 0 aliphatic heterocycles. The van der Waals surface area contributed by atoms with Crippen molar-refractivity contribution in [3.05, 3.63) is 53.9 Å². The Kier molecular flexibility index (Phi) is 3.51. The molecular formula is C24H29NO. The SMILES string of the molecule is C[C@]12CCC(n3cccc3)=CC1=CC[C@@H]1C2=CC[C@]2(C)C(C=O)CC[C@@H]12. The van der Waals surface area contributed by atoms with Gasteiger partial charge in [0.25, 0.3) is 0 Å². The minimum atomic E-state index is 0.193. The van der Waals surface area contributed by atoms with Gasteiger partial charge in [-0.3, -0.25) is 0 Å². The molecule has 4 aliphatic carbocycles. The normalized spacial score (nSPS) is 41.3. The molecule has 136 valence electrons. The number of carbonyl (C=O) groups excluding carboxylic acids is 1. The summed E-state index contributed by atoms with van der Waals surface area (Å²) in [5.41, 5.74) is 5.01. The Hall–Kier alpha value is -1.83. The maximum Gasteiger partial charge on any atom is 0.123 e. The van der Waals surface area contributed by atoms with Crippen LogP contribution in [0.1, 0.15) is 52.4 Å². The highest BCUT2D eigenvalue weighted by molar-refractivity contribution is 5.60. The van der Waals surface area contributed by atoms with E-state index in [0.29, 0.717) is 11.8 Å². The summed E-state index contributed by atoms with van der Waals surface area (Å²) >= 11 is 0. The number of nitrogens with zero attached hydrogens (tertiary/aromatic N) is 1. The second-order valence-electron chi connectivity index (χ2n) is 9.36. The van der Waals surface area contributed by atoms with E-state index in [0.717, 1.165) is 25.7 Å². The first-order valence-electron chi connectivity index (χ1n) is 10.3. The highest BCUT2D eigenvalue weighted by atomic mass is 16.1. The number of aldehydes is 1. The standard InChI is InChI=1S/C24H29NO/c1-23-11-9-19(25-13-3-4-14-25)15-17(23)5-7-20-21-8-6-18(16-26)24(21,2)12-10-22(20)23/h3-5,10,13-16,18,20-21H,6-9,11-12H2,1-2H3/t18?,20-,21-,23-,24+/m0/s1. The fourth-order valence-corrected chi connectivity index (χ4v) is 6.62. The summed E-state index contributed by atoms with van der Waals surface area (Å²) in [5, 5.41) is 0. The molecule has 1 saturated carbocycles. The van der Waals surface area contributed by atoms with Gasteiger partial charge in [0.2, 0.25) is 0 Å². The van der Waals surface area contributed by atoms with Crippen LogP contribution >= 0.6 is 0 Å². The quantitative estimate of drug-likeness (QED) is 0.501. The van der Waals surface area contributed by atoms with E-state index >= 15 is 0 Å². The van der Waals surface area contributed by atoms with Gasteiger partial charge in [-0.1, -0.05) is 31.6 Å². The zero-order valence-corrected chi connectivity index (χ0v) is 15.9. The topological polar surface area (TPSA) is 22.0 Å². The van der Waals surface area contributed by atoms with E-state index in [1.165, 1.54) is 30.4 Å². The highest BCUT2D eigenvalue weighted by Gasteiger charge is 2.55. The van der Waals surface area contributed by atoms with E-state index in [1.54, 1.807) is 5.57 Å². The van der Waals surface area contributed by atoms with Gasteiger partial charge in [0, 0.05) is 29.4 Å². The van der Waals surface area contributed by atoms with Crippen LogP contribution < -0.4 is 0 Å². The van der Waals surface area contributed by atoms with E-state index < -0.39 is 0 Å². The van der Waals surface area contributed by atoms with Crippen molar-refractivity contribution in [2.24, 2.45) is 28.6 Å². The Labute approximate surface area is 156 Å². The second-order valence-corrected chi connectivity index (χ2v) is 9.36. The molecule has 2 nitrogen and oxygen atoms in total. The van der Waals surface area contributed by atoms with Gasteiger partial charge in [0.05, 0.1) is 0 Å². The number of hydrogen-bond donors (Lipinski definition) is 0. The zero-order chi connectivity index (χ0) is 17.9. The molecular weight excluding hydrogens is 318 g/mol. The lowest BCUT2D eigenvalue weighted by Gasteiger charge is -2.52. The average molecular weight is 348 g/mol. The first-order chi connectivity index (χ1) is 12.6. The first-order valence-corrected chi connectivity index (χ1v) is 10.3. The van der Waals surface area contributed by atoms with Crippen LogP contribution in [0.2, 0.25) is 0 Å². The molecule has 0 bridgehead atoms. The second kappa shape index (κ2) is 5.58. The predicted molar refractivity (Wildman–Crippen MR) is 105 cm³/mol. The maximum absolute atomic E-state index is 11.6. The molecule has 26 heavy (non-hydrogen) atoms. The van der Waals surface area contributed by atoms with Crippen LogP contribution in [0.3, 0.4) is 0 Å². The van der Waals surface area contributed by atoms with Gasteiger partial charge in [-0.2, -0.15) is 0 Å². The lowest BCUT2D eigenvalue weighted by atomic mass is 9.52. The monoisotopic (exact) mass is 347 g/mol. The van der Waals surface area contributed by atoms with Crippen molar-refractivity contribution in [1.29, 1.82) is 0 Å². The largest absolute Gasteiger partial charge is 0.328 e. The summed E-state index contributed by atoms with van der Waals surface area (Å²) in [4.78, 5) is 11.6. The lowest BCUT2D eigenvalue weighted by molar-refractivity contribution is -0.114. The summed E-state index contributed by atoms with van der Waals surface area (Å²) in [6, 6.07) is 4.21. The summed E-state index contributed by atoms with van der Waals surface area (Å²) in [6.07, 6.45) is 20.0. The number of allylic oxidation sites excluding steroid dienone is 6. The molecule has 1 heterocycles. The minimum Gasteiger partial charge on any atom is -0.328 e. The van der Waals surface area contributed by atoms with Gasteiger partial charge in [-0.05, 0) is 79.6 Å². The van der Waals surface area contributed by atoms with Gasteiger partial charge in [0.15, 0.2) is 0 Å². The van der Waals surface area contributed by atoms with Crippen LogP contribution in [-0.4, -0.2) is 10.9 Å². The van der Waals surface area contributed by atoms with Crippen molar-refractivity contribution in [2.45, 2.75) is 52.4 Å². The summed E-state index contributed by atoms with van der Waals surface area (Å²) in [5.74, 6) is 1.59.